The maximum Gasteiger partial charge on any atom is 0.242 e. The Labute approximate surface area is 190 Å². The summed E-state index contributed by atoms with van der Waals surface area (Å²) in [6, 6.07) is 19.9. The molecule has 0 saturated heterocycles. The highest BCUT2D eigenvalue weighted by Gasteiger charge is 2.26. The van der Waals surface area contributed by atoms with Crippen LogP contribution in [0.15, 0.2) is 82.2 Å². The predicted molar refractivity (Wildman–Crippen MR) is 125 cm³/mol. The highest BCUT2D eigenvalue weighted by Crippen LogP contribution is 2.22. The van der Waals surface area contributed by atoms with Crippen LogP contribution in [0.2, 0.25) is 0 Å². The number of carbonyl (C=O) groups is 1. The van der Waals surface area contributed by atoms with Crippen molar-refractivity contribution in [3.05, 3.63) is 88.4 Å². The number of ether oxygens (including phenoxy) is 1. The van der Waals surface area contributed by atoms with E-state index in [0.29, 0.717) is 17.0 Å². The van der Waals surface area contributed by atoms with E-state index < -0.39 is 22.0 Å². The van der Waals surface area contributed by atoms with Gasteiger partial charge in [-0.2, -0.15) is 4.72 Å². The van der Waals surface area contributed by atoms with Crippen molar-refractivity contribution in [3.8, 4) is 5.75 Å². The number of sulfonamides is 1. The summed E-state index contributed by atoms with van der Waals surface area (Å²) in [5.41, 5.74) is 2.10. The molecule has 8 heteroatoms. The van der Waals surface area contributed by atoms with Crippen molar-refractivity contribution < 1.29 is 17.9 Å². The average Bonchev–Trinajstić information content (AvgIpc) is 2.75. The van der Waals surface area contributed by atoms with Gasteiger partial charge in [-0.15, -0.1) is 0 Å². The lowest BCUT2D eigenvalue weighted by Crippen LogP contribution is -2.45. The van der Waals surface area contributed by atoms with Crippen molar-refractivity contribution in [1.82, 2.24) is 4.72 Å². The Bertz CT molecular complexity index is 1150. The predicted octanol–water partition coefficient (Wildman–Crippen LogP) is 4.29. The van der Waals surface area contributed by atoms with Gasteiger partial charge in [-0.3, -0.25) is 4.79 Å². The van der Waals surface area contributed by atoms with E-state index in [1.807, 2.05) is 30.3 Å². The van der Waals surface area contributed by atoms with Gasteiger partial charge in [-0.25, -0.2) is 8.42 Å². The maximum atomic E-state index is 13.0. The van der Waals surface area contributed by atoms with Crippen LogP contribution < -0.4 is 14.8 Å². The minimum absolute atomic E-state index is 0.0697. The van der Waals surface area contributed by atoms with E-state index in [1.54, 1.807) is 37.3 Å². The number of benzene rings is 3. The first kappa shape index (κ1) is 23.0. The Balaban J connectivity index is 1.87. The number of amides is 1. The van der Waals surface area contributed by atoms with Gasteiger partial charge in [-0.05, 0) is 66.9 Å². The van der Waals surface area contributed by atoms with Crippen LogP contribution in [0, 0.1) is 6.92 Å². The summed E-state index contributed by atoms with van der Waals surface area (Å²) in [6.07, 6.45) is 0.206. The van der Waals surface area contributed by atoms with Crippen molar-refractivity contribution in [3.63, 3.8) is 0 Å². The summed E-state index contributed by atoms with van der Waals surface area (Å²) in [7, 11) is -2.42. The van der Waals surface area contributed by atoms with Crippen LogP contribution in [0.3, 0.4) is 0 Å². The van der Waals surface area contributed by atoms with Crippen LogP contribution >= 0.6 is 15.9 Å². The minimum atomic E-state index is -3.94. The molecule has 1 unspecified atom stereocenters. The molecule has 0 aliphatic rings. The lowest BCUT2D eigenvalue weighted by Gasteiger charge is -2.19. The second-order valence-electron chi connectivity index (χ2n) is 6.99. The number of hydrogen-bond acceptors (Lipinski definition) is 4. The van der Waals surface area contributed by atoms with Gasteiger partial charge in [0, 0.05) is 10.2 Å². The Morgan fingerprint density at radius 1 is 1.03 bits per heavy atom. The molecule has 0 aliphatic carbocycles. The van der Waals surface area contributed by atoms with E-state index in [-0.39, 0.29) is 11.3 Å². The van der Waals surface area contributed by atoms with Gasteiger partial charge in [0.2, 0.25) is 15.9 Å². The third-order valence-corrected chi connectivity index (χ3v) is 6.68. The number of methoxy groups -OCH3 is 1. The molecule has 0 aromatic heterocycles. The largest absolute Gasteiger partial charge is 0.496 e. The number of halogens is 1. The second kappa shape index (κ2) is 10.1. The highest BCUT2D eigenvalue weighted by atomic mass is 79.9. The molecule has 31 heavy (non-hydrogen) atoms. The molecule has 0 aliphatic heterocycles. The molecule has 3 rings (SSSR count). The van der Waals surface area contributed by atoms with E-state index in [1.165, 1.54) is 19.2 Å². The molecule has 1 amide bonds. The van der Waals surface area contributed by atoms with Gasteiger partial charge in [0.15, 0.2) is 0 Å². The Hall–Kier alpha value is -2.68. The highest BCUT2D eigenvalue weighted by molar-refractivity contribution is 9.10. The molecular formula is C23H23BrN2O4S. The molecule has 1 atom stereocenters. The number of aryl methyl sites for hydroxylation is 1. The topological polar surface area (TPSA) is 84.5 Å². The molecule has 0 fully saturated rings. The van der Waals surface area contributed by atoms with Gasteiger partial charge in [0.1, 0.15) is 11.8 Å². The fourth-order valence-electron chi connectivity index (χ4n) is 3.07. The monoisotopic (exact) mass is 502 g/mol. The summed E-state index contributed by atoms with van der Waals surface area (Å²) >= 11 is 3.35. The molecule has 6 nitrogen and oxygen atoms in total. The van der Waals surface area contributed by atoms with Crippen LogP contribution in [0.5, 0.6) is 5.75 Å². The Kier molecular flexibility index (Phi) is 7.48. The molecule has 0 spiro atoms. The van der Waals surface area contributed by atoms with Crippen LogP contribution in [-0.2, 0) is 21.2 Å². The molecule has 2 N–H and O–H groups in total. The summed E-state index contributed by atoms with van der Waals surface area (Å²) in [4.78, 5) is 13.1. The van der Waals surface area contributed by atoms with Crippen molar-refractivity contribution >= 4 is 37.5 Å². The second-order valence-corrected chi connectivity index (χ2v) is 9.62. The van der Waals surface area contributed by atoms with Crippen LogP contribution in [0.25, 0.3) is 0 Å². The number of rotatable bonds is 8. The first-order chi connectivity index (χ1) is 14.8. The Morgan fingerprint density at radius 3 is 2.32 bits per heavy atom. The van der Waals surface area contributed by atoms with Gasteiger partial charge in [-0.1, -0.05) is 46.3 Å². The molecule has 0 saturated carbocycles. The number of carbonyl (C=O) groups excluding carboxylic acids is 1. The van der Waals surface area contributed by atoms with Gasteiger partial charge >= 0.3 is 0 Å². The molecule has 0 heterocycles. The quantitative estimate of drug-likeness (QED) is 0.480. The Morgan fingerprint density at radius 2 is 1.71 bits per heavy atom. The maximum absolute atomic E-state index is 13.0. The lowest BCUT2D eigenvalue weighted by atomic mass is 10.1. The van der Waals surface area contributed by atoms with E-state index in [2.05, 4.69) is 26.0 Å². The normalized spacial score (nSPS) is 12.2. The van der Waals surface area contributed by atoms with E-state index >= 15 is 0 Å². The smallest absolute Gasteiger partial charge is 0.242 e. The zero-order chi connectivity index (χ0) is 22.4. The van der Waals surface area contributed by atoms with E-state index in [4.69, 9.17) is 4.74 Å². The molecule has 0 bridgehead atoms. The van der Waals surface area contributed by atoms with E-state index in [9.17, 15) is 13.2 Å². The van der Waals surface area contributed by atoms with Crippen LogP contribution in [0.1, 0.15) is 11.1 Å². The zero-order valence-corrected chi connectivity index (χ0v) is 19.5. The third kappa shape index (κ3) is 6.16. The first-order valence-electron chi connectivity index (χ1n) is 9.56. The first-order valence-corrected chi connectivity index (χ1v) is 11.8. The molecule has 0 radical (unpaired) electrons. The lowest BCUT2D eigenvalue weighted by molar-refractivity contribution is -0.117. The number of hydrogen-bond donors (Lipinski definition) is 2. The molecule has 162 valence electrons. The van der Waals surface area contributed by atoms with Crippen LogP contribution in [-0.4, -0.2) is 27.5 Å². The summed E-state index contributed by atoms with van der Waals surface area (Å²) in [5, 5.41) is 2.79. The fourth-order valence-corrected chi connectivity index (χ4v) is 4.62. The van der Waals surface area contributed by atoms with Crippen LogP contribution in [0.4, 0.5) is 5.69 Å². The summed E-state index contributed by atoms with van der Waals surface area (Å²) in [6.45, 7) is 1.76. The third-order valence-electron chi connectivity index (χ3n) is 4.68. The van der Waals surface area contributed by atoms with Crippen molar-refractivity contribution in [2.45, 2.75) is 24.3 Å². The van der Waals surface area contributed by atoms with Crippen molar-refractivity contribution in [2.75, 3.05) is 12.4 Å². The molecule has 3 aromatic carbocycles. The average molecular weight is 503 g/mol. The van der Waals surface area contributed by atoms with Gasteiger partial charge in [0.05, 0.1) is 12.0 Å². The standard InChI is InChI=1S/C23H23BrN2O4S/c1-16-14-20(12-13-22(16)30-2)31(28,29)26-21(15-17-6-4-3-5-7-17)23(27)25-19-10-8-18(24)9-11-19/h3-14,21,26H,15H2,1-2H3,(H,25,27). The number of nitrogens with one attached hydrogen (secondary N) is 2. The zero-order valence-electron chi connectivity index (χ0n) is 17.1. The van der Waals surface area contributed by atoms with Gasteiger partial charge in [0.25, 0.3) is 0 Å². The van der Waals surface area contributed by atoms with Crippen molar-refractivity contribution in [1.29, 1.82) is 0 Å². The van der Waals surface area contributed by atoms with Gasteiger partial charge < -0.3 is 10.1 Å². The summed E-state index contributed by atoms with van der Waals surface area (Å²) < 4.78 is 34.7. The SMILES string of the molecule is COc1ccc(S(=O)(=O)NC(Cc2ccccc2)C(=O)Nc2ccc(Br)cc2)cc1C. The van der Waals surface area contributed by atoms with E-state index in [0.717, 1.165) is 10.0 Å². The minimum Gasteiger partial charge on any atom is -0.496 e. The summed E-state index contributed by atoms with van der Waals surface area (Å²) in [5.74, 6) is 0.146. The van der Waals surface area contributed by atoms with Crippen molar-refractivity contribution in [2.24, 2.45) is 0 Å². The molecule has 3 aromatic rings. The fraction of sp³-hybridized carbons (Fsp3) is 0.174. The number of anilines is 1. The molecular weight excluding hydrogens is 480 g/mol.